The summed E-state index contributed by atoms with van der Waals surface area (Å²) < 4.78 is 1.98. The van der Waals surface area contributed by atoms with Crippen LogP contribution in [0.3, 0.4) is 0 Å². The molecule has 78 valence electrons. The number of hydrogen-bond acceptors (Lipinski definition) is 2. The Kier molecular flexibility index (Phi) is 2.18. The van der Waals surface area contributed by atoms with Crippen molar-refractivity contribution < 1.29 is 0 Å². The van der Waals surface area contributed by atoms with Gasteiger partial charge in [-0.05, 0) is 11.5 Å². The monoisotopic (exact) mass is 226 g/mol. The zero-order valence-corrected chi connectivity index (χ0v) is 9.43. The smallest absolute Gasteiger partial charge is 0.169 e. The minimum absolute atomic E-state index is 0.705. The van der Waals surface area contributed by atoms with E-state index in [4.69, 9.17) is 0 Å². The molecule has 1 aromatic heterocycles. The summed E-state index contributed by atoms with van der Waals surface area (Å²) in [5.41, 5.74) is 1.11. The molecule has 0 fully saturated rings. The van der Waals surface area contributed by atoms with Crippen LogP contribution in [0.5, 0.6) is 0 Å². The number of aromatic nitrogens is 2. The molecule has 0 atom stereocenters. The molecule has 3 heteroatoms. The van der Waals surface area contributed by atoms with Crippen molar-refractivity contribution in [2.45, 2.75) is 5.16 Å². The number of imidazole rings is 1. The lowest BCUT2D eigenvalue weighted by Crippen LogP contribution is -1.93. The van der Waals surface area contributed by atoms with Crippen molar-refractivity contribution in [1.29, 1.82) is 0 Å². The molecule has 0 N–H and O–H groups in total. The third-order valence-electron chi connectivity index (χ3n) is 2.65. The van der Waals surface area contributed by atoms with Gasteiger partial charge in [-0.15, -0.1) is 12.6 Å². The zero-order valence-electron chi connectivity index (χ0n) is 8.54. The van der Waals surface area contributed by atoms with Crippen LogP contribution in [0.4, 0.5) is 0 Å². The van der Waals surface area contributed by atoms with Crippen LogP contribution < -0.4 is 0 Å². The summed E-state index contributed by atoms with van der Waals surface area (Å²) in [5.74, 6) is 0. The summed E-state index contributed by atoms with van der Waals surface area (Å²) in [6.07, 6.45) is 3.67. The van der Waals surface area contributed by atoms with E-state index in [1.165, 1.54) is 10.8 Å². The van der Waals surface area contributed by atoms with Crippen LogP contribution in [0.1, 0.15) is 0 Å². The van der Waals surface area contributed by atoms with Gasteiger partial charge in [-0.1, -0.05) is 36.4 Å². The Labute approximate surface area is 99.0 Å². The molecule has 0 spiro atoms. The first-order chi connectivity index (χ1) is 7.86. The fourth-order valence-electron chi connectivity index (χ4n) is 1.90. The Balaban J connectivity index is 2.36. The van der Waals surface area contributed by atoms with E-state index >= 15 is 0 Å². The average molecular weight is 226 g/mol. The van der Waals surface area contributed by atoms with Crippen LogP contribution in [0.2, 0.25) is 0 Å². The van der Waals surface area contributed by atoms with Crippen molar-refractivity contribution in [1.82, 2.24) is 9.55 Å². The maximum Gasteiger partial charge on any atom is 0.169 e. The number of fused-ring (bicyclic) bond motifs is 1. The highest BCUT2D eigenvalue weighted by molar-refractivity contribution is 7.80. The maximum atomic E-state index is 4.34. The molecule has 2 aromatic carbocycles. The minimum atomic E-state index is 0.705. The molecule has 0 saturated carbocycles. The predicted molar refractivity (Wildman–Crippen MR) is 68.3 cm³/mol. The van der Waals surface area contributed by atoms with E-state index in [0.29, 0.717) is 5.16 Å². The highest BCUT2D eigenvalue weighted by atomic mass is 32.1. The van der Waals surface area contributed by atoms with Gasteiger partial charge in [0.15, 0.2) is 5.16 Å². The van der Waals surface area contributed by atoms with Crippen molar-refractivity contribution in [2.24, 2.45) is 0 Å². The van der Waals surface area contributed by atoms with Crippen molar-refractivity contribution >= 4 is 23.4 Å². The summed E-state index contributed by atoms with van der Waals surface area (Å²) in [6, 6.07) is 14.5. The normalized spacial score (nSPS) is 10.8. The van der Waals surface area contributed by atoms with Crippen LogP contribution in [0, 0.1) is 0 Å². The highest BCUT2D eigenvalue weighted by Gasteiger charge is 2.04. The van der Waals surface area contributed by atoms with E-state index in [-0.39, 0.29) is 0 Å². The number of nitrogens with zero attached hydrogens (tertiary/aromatic N) is 2. The standard InChI is InChI=1S/C13H10N2S/c16-13-14-8-9-15(13)12-7-3-5-10-4-1-2-6-11(10)12/h1-9H,(H,14,16). The lowest BCUT2D eigenvalue weighted by Gasteiger charge is -2.08. The maximum absolute atomic E-state index is 4.34. The molecule has 0 amide bonds. The minimum Gasteiger partial charge on any atom is -0.294 e. The highest BCUT2D eigenvalue weighted by Crippen LogP contribution is 2.23. The molecule has 16 heavy (non-hydrogen) atoms. The van der Waals surface area contributed by atoms with Gasteiger partial charge in [-0.3, -0.25) is 4.57 Å². The first-order valence-electron chi connectivity index (χ1n) is 5.07. The first kappa shape index (κ1) is 9.48. The third-order valence-corrected chi connectivity index (χ3v) is 2.98. The van der Waals surface area contributed by atoms with Crippen molar-refractivity contribution in [2.75, 3.05) is 0 Å². The van der Waals surface area contributed by atoms with Crippen LogP contribution in [-0.4, -0.2) is 9.55 Å². The summed E-state index contributed by atoms with van der Waals surface area (Å²) >= 11 is 4.34. The fraction of sp³-hybridized carbons (Fsp3) is 0. The van der Waals surface area contributed by atoms with Gasteiger partial charge in [0.1, 0.15) is 0 Å². The van der Waals surface area contributed by atoms with Crippen molar-refractivity contribution in [3.63, 3.8) is 0 Å². The summed E-state index contributed by atoms with van der Waals surface area (Å²) in [5, 5.41) is 3.14. The SMILES string of the molecule is Sc1nccn1-c1cccc2ccccc12. The van der Waals surface area contributed by atoms with Crippen LogP contribution in [-0.2, 0) is 0 Å². The van der Waals surface area contributed by atoms with Gasteiger partial charge >= 0.3 is 0 Å². The van der Waals surface area contributed by atoms with Gasteiger partial charge in [-0.2, -0.15) is 0 Å². The molecular weight excluding hydrogens is 216 g/mol. The largest absolute Gasteiger partial charge is 0.294 e. The number of benzene rings is 2. The molecule has 3 aromatic rings. The van der Waals surface area contributed by atoms with Crippen LogP contribution >= 0.6 is 12.6 Å². The fourth-order valence-corrected chi connectivity index (χ4v) is 2.14. The van der Waals surface area contributed by atoms with Crippen molar-refractivity contribution in [3.05, 3.63) is 54.9 Å². The topological polar surface area (TPSA) is 17.8 Å². The molecule has 0 bridgehead atoms. The summed E-state index contributed by atoms with van der Waals surface area (Å²) in [6.45, 7) is 0. The van der Waals surface area contributed by atoms with E-state index in [0.717, 1.165) is 5.69 Å². The zero-order chi connectivity index (χ0) is 11.0. The Morgan fingerprint density at radius 1 is 1.00 bits per heavy atom. The summed E-state index contributed by atoms with van der Waals surface area (Å²) in [4.78, 5) is 4.13. The van der Waals surface area contributed by atoms with E-state index in [1.54, 1.807) is 6.20 Å². The Hall–Kier alpha value is -1.74. The number of thiol groups is 1. The van der Waals surface area contributed by atoms with E-state index in [9.17, 15) is 0 Å². The van der Waals surface area contributed by atoms with Gasteiger partial charge in [0.05, 0.1) is 5.69 Å². The Bertz CT molecular complexity index is 638. The van der Waals surface area contributed by atoms with Crippen molar-refractivity contribution in [3.8, 4) is 5.69 Å². The second-order valence-electron chi connectivity index (χ2n) is 3.60. The van der Waals surface area contributed by atoms with Crippen LogP contribution in [0.25, 0.3) is 16.5 Å². The molecule has 0 aliphatic rings. The molecular formula is C13H10N2S. The van der Waals surface area contributed by atoms with Gasteiger partial charge in [0.25, 0.3) is 0 Å². The molecule has 1 heterocycles. The molecule has 0 unspecified atom stereocenters. The van der Waals surface area contributed by atoms with E-state index in [2.05, 4.69) is 41.9 Å². The van der Waals surface area contributed by atoms with Gasteiger partial charge in [0, 0.05) is 17.8 Å². The molecule has 0 aliphatic heterocycles. The lowest BCUT2D eigenvalue weighted by atomic mass is 10.1. The Morgan fingerprint density at radius 2 is 1.81 bits per heavy atom. The predicted octanol–water partition coefficient (Wildman–Crippen LogP) is 3.31. The first-order valence-corrected chi connectivity index (χ1v) is 5.51. The number of hydrogen-bond donors (Lipinski definition) is 1. The van der Waals surface area contributed by atoms with E-state index in [1.807, 2.05) is 29.0 Å². The molecule has 2 nitrogen and oxygen atoms in total. The van der Waals surface area contributed by atoms with Crippen LogP contribution in [0.15, 0.2) is 60.0 Å². The Morgan fingerprint density at radius 3 is 2.62 bits per heavy atom. The summed E-state index contributed by atoms with van der Waals surface area (Å²) in [7, 11) is 0. The van der Waals surface area contributed by atoms with E-state index < -0.39 is 0 Å². The second kappa shape index (κ2) is 3.68. The number of rotatable bonds is 1. The quantitative estimate of drug-likeness (QED) is 0.630. The third kappa shape index (κ3) is 1.41. The van der Waals surface area contributed by atoms with Gasteiger partial charge in [0.2, 0.25) is 0 Å². The van der Waals surface area contributed by atoms with Gasteiger partial charge < -0.3 is 0 Å². The lowest BCUT2D eigenvalue weighted by molar-refractivity contribution is 0.908. The molecule has 0 aliphatic carbocycles. The molecule has 0 radical (unpaired) electrons. The second-order valence-corrected chi connectivity index (χ2v) is 4.00. The molecule has 3 rings (SSSR count). The molecule has 0 saturated heterocycles. The van der Waals surface area contributed by atoms with Gasteiger partial charge in [-0.25, -0.2) is 4.98 Å². The average Bonchev–Trinajstić information content (AvgIpc) is 2.75.